The molecule has 0 aliphatic heterocycles. The maximum absolute atomic E-state index is 11.2. The van der Waals surface area contributed by atoms with Crippen molar-refractivity contribution in [2.24, 2.45) is 5.92 Å². The van der Waals surface area contributed by atoms with Gasteiger partial charge in [0.25, 0.3) is 0 Å². The van der Waals surface area contributed by atoms with Crippen LogP contribution in [0.3, 0.4) is 0 Å². The molecule has 0 heterocycles. The summed E-state index contributed by atoms with van der Waals surface area (Å²) in [5.41, 5.74) is 0.519. The van der Waals surface area contributed by atoms with Crippen LogP contribution in [0.1, 0.15) is 24.2 Å². The van der Waals surface area contributed by atoms with Gasteiger partial charge in [0.1, 0.15) is 6.61 Å². The van der Waals surface area contributed by atoms with Gasteiger partial charge >= 0.3 is 5.97 Å². The van der Waals surface area contributed by atoms with Gasteiger partial charge in [0, 0.05) is 5.56 Å². The number of Topliss-reactive ketones (excluding diaryl/α,β-unsaturated/α-hetero) is 1. The van der Waals surface area contributed by atoms with Gasteiger partial charge in [-0.2, -0.15) is 0 Å². The Balaban J connectivity index is 2.83. The Morgan fingerprint density at radius 3 is 2.50 bits per heavy atom. The molecule has 0 bridgehead atoms. The molecule has 0 aromatic heterocycles. The summed E-state index contributed by atoms with van der Waals surface area (Å²) in [7, 11) is 1.47. The SMILES string of the molecule is COc1cc(C(C)=O)ccc1OCC(C)C(=O)O. The van der Waals surface area contributed by atoms with Gasteiger partial charge < -0.3 is 14.6 Å². The average molecular weight is 252 g/mol. The summed E-state index contributed by atoms with van der Waals surface area (Å²) in [5.74, 6) is -0.758. The number of hydrogen-bond acceptors (Lipinski definition) is 4. The number of rotatable bonds is 6. The van der Waals surface area contributed by atoms with Gasteiger partial charge in [-0.1, -0.05) is 0 Å². The Morgan fingerprint density at radius 1 is 1.33 bits per heavy atom. The number of aliphatic carboxylic acids is 1. The van der Waals surface area contributed by atoms with Crippen LogP contribution in [0.15, 0.2) is 18.2 Å². The molecule has 1 atom stereocenters. The van der Waals surface area contributed by atoms with Crippen LogP contribution < -0.4 is 9.47 Å². The van der Waals surface area contributed by atoms with Gasteiger partial charge in [0.15, 0.2) is 17.3 Å². The van der Waals surface area contributed by atoms with Gasteiger partial charge in [0.05, 0.1) is 13.0 Å². The summed E-state index contributed by atoms with van der Waals surface area (Å²) in [6, 6.07) is 4.79. The van der Waals surface area contributed by atoms with E-state index in [1.54, 1.807) is 25.1 Å². The molecule has 98 valence electrons. The fourth-order valence-electron chi connectivity index (χ4n) is 1.29. The average Bonchev–Trinajstić information content (AvgIpc) is 2.35. The lowest BCUT2D eigenvalue weighted by Gasteiger charge is -2.13. The fourth-order valence-corrected chi connectivity index (χ4v) is 1.29. The first-order chi connectivity index (χ1) is 8.45. The quantitative estimate of drug-likeness (QED) is 0.784. The third kappa shape index (κ3) is 3.48. The summed E-state index contributed by atoms with van der Waals surface area (Å²) >= 11 is 0. The normalized spacial score (nSPS) is 11.7. The monoisotopic (exact) mass is 252 g/mol. The van der Waals surface area contributed by atoms with Gasteiger partial charge in [-0.3, -0.25) is 9.59 Å². The van der Waals surface area contributed by atoms with E-state index in [0.29, 0.717) is 17.1 Å². The van der Waals surface area contributed by atoms with Crippen LogP contribution in [0.5, 0.6) is 11.5 Å². The standard InChI is InChI=1S/C13H16O5/c1-8(13(15)16)7-18-11-5-4-10(9(2)14)6-12(11)17-3/h4-6,8H,7H2,1-3H3,(H,15,16). The first kappa shape index (κ1) is 14.0. The Hall–Kier alpha value is -2.04. The molecule has 1 unspecified atom stereocenters. The van der Waals surface area contributed by atoms with Crippen molar-refractivity contribution < 1.29 is 24.2 Å². The van der Waals surface area contributed by atoms with Gasteiger partial charge in [-0.25, -0.2) is 0 Å². The van der Waals surface area contributed by atoms with Crippen molar-refractivity contribution in [1.29, 1.82) is 0 Å². The highest BCUT2D eigenvalue weighted by atomic mass is 16.5. The van der Waals surface area contributed by atoms with Crippen molar-refractivity contribution in [3.05, 3.63) is 23.8 Å². The molecule has 1 aromatic rings. The van der Waals surface area contributed by atoms with E-state index in [1.165, 1.54) is 14.0 Å². The van der Waals surface area contributed by atoms with Crippen LogP contribution in [0.2, 0.25) is 0 Å². The van der Waals surface area contributed by atoms with E-state index in [0.717, 1.165) is 0 Å². The zero-order chi connectivity index (χ0) is 13.7. The van der Waals surface area contributed by atoms with E-state index in [1.807, 2.05) is 0 Å². The van der Waals surface area contributed by atoms with Crippen molar-refractivity contribution in [1.82, 2.24) is 0 Å². The minimum absolute atomic E-state index is 0.0467. The van der Waals surface area contributed by atoms with Crippen molar-refractivity contribution in [3.8, 4) is 11.5 Å². The van der Waals surface area contributed by atoms with Crippen LogP contribution >= 0.6 is 0 Å². The zero-order valence-electron chi connectivity index (χ0n) is 10.6. The second-order valence-electron chi connectivity index (χ2n) is 3.97. The molecular formula is C13H16O5. The molecule has 0 aliphatic rings. The van der Waals surface area contributed by atoms with Crippen LogP contribution in [0, 0.1) is 5.92 Å². The van der Waals surface area contributed by atoms with E-state index in [9.17, 15) is 9.59 Å². The summed E-state index contributed by atoms with van der Waals surface area (Å²) in [5, 5.41) is 8.75. The number of carbonyl (C=O) groups is 2. The number of benzene rings is 1. The summed E-state index contributed by atoms with van der Waals surface area (Å²) < 4.78 is 10.5. The van der Waals surface area contributed by atoms with E-state index in [-0.39, 0.29) is 12.4 Å². The molecule has 0 amide bonds. The lowest BCUT2D eigenvalue weighted by molar-refractivity contribution is -0.142. The molecule has 0 radical (unpaired) electrons. The molecule has 5 heteroatoms. The molecule has 0 fully saturated rings. The van der Waals surface area contributed by atoms with Gasteiger partial charge in [-0.15, -0.1) is 0 Å². The molecular weight excluding hydrogens is 236 g/mol. The van der Waals surface area contributed by atoms with Crippen molar-refractivity contribution in [2.75, 3.05) is 13.7 Å². The Bertz CT molecular complexity index is 453. The number of carbonyl (C=O) groups excluding carboxylic acids is 1. The second-order valence-corrected chi connectivity index (χ2v) is 3.97. The van der Waals surface area contributed by atoms with Crippen molar-refractivity contribution >= 4 is 11.8 Å². The highest BCUT2D eigenvalue weighted by molar-refractivity contribution is 5.94. The number of carboxylic acids is 1. The van der Waals surface area contributed by atoms with Gasteiger partial charge in [0.2, 0.25) is 0 Å². The topological polar surface area (TPSA) is 72.8 Å². The molecule has 0 aliphatic carbocycles. The van der Waals surface area contributed by atoms with E-state index >= 15 is 0 Å². The van der Waals surface area contributed by atoms with Crippen LogP contribution in [-0.2, 0) is 4.79 Å². The minimum Gasteiger partial charge on any atom is -0.493 e. The maximum Gasteiger partial charge on any atom is 0.309 e. The lowest BCUT2D eigenvalue weighted by atomic mass is 10.1. The first-order valence-corrected chi connectivity index (χ1v) is 5.50. The fraction of sp³-hybridized carbons (Fsp3) is 0.385. The van der Waals surface area contributed by atoms with Crippen LogP contribution in [-0.4, -0.2) is 30.6 Å². The molecule has 0 spiro atoms. The van der Waals surface area contributed by atoms with E-state index < -0.39 is 11.9 Å². The Labute approximate surface area is 105 Å². The van der Waals surface area contributed by atoms with Gasteiger partial charge in [-0.05, 0) is 32.0 Å². The molecule has 0 saturated carbocycles. The third-order valence-electron chi connectivity index (χ3n) is 2.48. The minimum atomic E-state index is -0.922. The lowest BCUT2D eigenvalue weighted by Crippen LogP contribution is -2.18. The maximum atomic E-state index is 11.2. The van der Waals surface area contributed by atoms with Crippen molar-refractivity contribution in [2.45, 2.75) is 13.8 Å². The predicted octanol–water partition coefficient (Wildman–Crippen LogP) is 2.00. The Kier molecular flexibility index (Phi) is 4.71. The van der Waals surface area contributed by atoms with E-state index in [2.05, 4.69) is 0 Å². The molecule has 1 aromatic carbocycles. The zero-order valence-corrected chi connectivity index (χ0v) is 10.6. The first-order valence-electron chi connectivity index (χ1n) is 5.50. The highest BCUT2D eigenvalue weighted by Gasteiger charge is 2.14. The summed E-state index contributed by atoms with van der Waals surface area (Å²) in [6.45, 7) is 3.06. The number of methoxy groups -OCH3 is 1. The number of ketones is 1. The largest absolute Gasteiger partial charge is 0.493 e. The third-order valence-corrected chi connectivity index (χ3v) is 2.48. The molecule has 1 N–H and O–H groups in total. The molecule has 5 nitrogen and oxygen atoms in total. The molecule has 18 heavy (non-hydrogen) atoms. The van der Waals surface area contributed by atoms with Crippen molar-refractivity contribution in [3.63, 3.8) is 0 Å². The number of ether oxygens (including phenoxy) is 2. The van der Waals surface area contributed by atoms with E-state index in [4.69, 9.17) is 14.6 Å². The number of hydrogen-bond donors (Lipinski definition) is 1. The second kappa shape index (κ2) is 6.05. The summed E-state index contributed by atoms with van der Waals surface area (Å²) in [6.07, 6.45) is 0. The molecule has 1 rings (SSSR count). The van der Waals surface area contributed by atoms with Crippen LogP contribution in [0.4, 0.5) is 0 Å². The molecule has 0 saturated heterocycles. The summed E-state index contributed by atoms with van der Waals surface area (Å²) in [4.78, 5) is 21.9. The highest BCUT2D eigenvalue weighted by Crippen LogP contribution is 2.28. The Morgan fingerprint density at radius 2 is 2.00 bits per heavy atom. The van der Waals surface area contributed by atoms with Crippen LogP contribution in [0.25, 0.3) is 0 Å². The smallest absolute Gasteiger partial charge is 0.309 e. The predicted molar refractivity (Wildman–Crippen MR) is 65.3 cm³/mol. The number of carboxylic acid groups (broad SMARTS) is 1.